The van der Waals surface area contributed by atoms with Crippen LogP contribution < -0.4 is 0 Å². The molecule has 0 amide bonds. The number of phenols is 1. The average Bonchev–Trinajstić information content (AvgIpc) is 2.14. The fourth-order valence-corrected chi connectivity index (χ4v) is 2.27. The van der Waals surface area contributed by atoms with Gasteiger partial charge in [-0.15, -0.1) is 0 Å². The van der Waals surface area contributed by atoms with Gasteiger partial charge in [0.1, 0.15) is 5.75 Å². The zero-order valence-electron chi connectivity index (χ0n) is 8.41. The van der Waals surface area contributed by atoms with Crippen molar-refractivity contribution in [1.82, 2.24) is 0 Å². The van der Waals surface area contributed by atoms with Gasteiger partial charge in [-0.1, -0.05) is 12.1 Å². The van der Waals surface area contributed by atoms with Crippen molar-refractivity contribution in [3.8, 4) is 5.75 Å². The number of benzene rings is 1. The summed E-state index contributed by atoms with van der Waals surface area (Å²) in [5.41, 5.74) is 3.11. The van der Waals surface area contributed by atoms with E-state index in [0.29, 0.717) is 5.75 Å². The molecule has 0 saturated heterocycles. The Hall–Kier alpha value is -0.215. The molecule has 1 rings (SSSR count). The fourth-order valence-electron chi connectivity index (χ4n) is 1.38. The van der Waals surface area contributed by atoms with E-state index >= 15 is 0 Å². The van der Waals surface area contributed by atoms with Crippen molar-refractivity contribution in [3.63, 3.8) is 0 Å². The molecule has 0 spiro atoms. The third-order valence-corrected chi connectivity index (χ3v) is 3.09. The van der Waals surface area contributed by atoms with Crippen LogP contribution in [0.25, 0.3) is 0 Å². The molecule has 4 heteroatoms. The number of hydrogen-bond acceptors (Lipinski definition) is 3. The minimum absolute atomic E-state index is 0.421. The van der Waals surface area contributed by atoms with Crippen molar-refractivity contribution in [2.45, 2.75) is 18.4 Å². The van der Waals surface area contributed by atoms with Gasteiger partial charge in [-0.25, -0.2) is 11.6 Å². The van der Waals surface area contributed by atoms with Gasteiger partial charge in [0.05, 0.1) is 0 Å². The first-order chi connectivity index (χ1) is 6.69. The molecular weight excluding hydrogens is 211 g/mol. The standard InChI is InChI=1S/C10H13BOS2/c1-7-3-8(5-14-11)4-9(6-13-2)10(7)12/h3-4,12H,5-6H2,1-2H3. The van der Waals surface area contributed by atoms with Crippen molar-refractivity contribution >= 4 is 30.5 Å². The zero-order chi connectivity index (χ0) is 10.6. The Morgan fingerprint density at radius 1 is 1.36 bits per heavy atom. The molecule has 2 radical (unpaired) electrons. The van der Waals surface area contributed by atoms with E-state index in [-0.39, 0.29) is 0 Å². The summed E-state index contributed by atoms with van der Waals surface area (Å²) >= 11 is 3.01. The third kappa shape index (κ3) is 2.89. The smallest absolute Gasteiger partial charge is 0.161 e. The van der Waals surface area contributed by atoms with Crippen LogP contribution in [0.15, 0.2) is 12.1 Å². The Balaban J connectivity index is 3.01. The largest absolute Gasteiger partial charge is 0.507 e. The van der Waals surface area contributed by atoms with Crippen LogP contribution in [0.4, 0.5) is 0 Å². The summed E-state index contributed by atoms with van der Waals surface area (Å²) in [6.07, 6.45) is 2.03. The summed E-state index contributed by atoms with van der Waals surface area (Å²) in [4.78, 5) is 0. The summed E-state index contributed by atoms with van der Waals surface area (Å²) in [6.45, 7) is 1.92. The number of phenolic OH excluding ortho intramolecular Hbond substituents is 1. The SMILES string of the molecule is [B]SCc1cc(C)c(O)c(CSC)c1. The summed E-state index contributed by atoms with van der Waals surface area (Å²) < 4.78 is 0. The van der Waals surface area contributed by atoms with Crippen molar-refractivity contribution < 1.29 is 5.11 Å². The van der Waals surface area contributed by atoms with E-state index in [0.717, 1.165) is 22.6 Å². The molecule has 1 nitrogen and oxygen atoms in total. The molecule has 0 unspecified atom stereocenters. The summed E-state index contributed by atoms with van der Waals surface area (Å²) in [7, 11) is 5.42. The second-order valence-electron chi connectivity index (χ2n) is 3.16. The van der Waals surface area contributed by atoms with Crippen molar-refractivity contribution in [1.29, 1.82) is 0 Å². The fraction of sp³-hybridized carbons (Fsp3) is 0.400. The number of aromatic hydroxyl groups is 1. The molecule has 0 bridgehead atoms. The monoisotopic (exact) mass is 224 g/mol. The number of hydrogen-bond donors (Lipinski definition) is 1. The third-order valence-electron chi connectivity index (χ3n) is 1.99. The minimum Gasteiger partial charge on any atom is -0.507 e. The molecule has 0 fully saturated rings. The van der Waals surface area contributed by atoms with Gasteiger partial charge in [0.15, 0.2) is 7.12 Å². The van der Waals surface area contributed by atoms with Gasteiger partial charge in [0.2, 0.25) is 0 Å². The highest BCUT2D eigenvalue weighted by Crippen LogP contribution is 2.27. The molecule has 0 aliphatic heterocycles. The molecule has 0 heterocycles. The summed E-state index contributed by atoms with van der Waals surface area (Å²) in [5.74, 6) is 2.06. The number of thioether (sulfide) groups is 1. The Morgan fingerprint density at radius 3 is 2.64 bits per heavy atom. The lowest BCUT2D eigenvalue weighted by atomic mass is 10.1. The topological polar surface area (TPSA) is 20.2 Å². The van der Waals surface area contributed by atoms with Gasteiger partial charge in [-0.3, -0.25) is 0 Å². The molecule has 0 saturated carbocycles. The van der Waals surface area contributed by atoms with Gasteiger partial charge in [-0.2, -0.15) is 11.8 Å². The normalized spacial score (nSPS) is 10.4. The van der Waals surface area contributed by atoms with Crippen LogP contribution in [-0.2, 0) is 11.5 Å². The Kier molecular flexibility index (Phi) is 4.75. The minimum atomic E-state index is 0.421. The van der Waals surface area contributed by atoms with E-state index in [2.05, 4.69) is 0 Å². The molecule has 14 heavy (non-hydrogen) atoms. The van der Waals surface area contributed by atoms with E-state index < -0.39 is 0 Å². The molecular formula is C10H13BOS2. The van der Waals surface area contributed by atoms with E-state index in [1.807, 2.05) is 25.3 Å². The number of aryl methyl sites for hydroxylation is 1. The van der Waals surface area contributed by atoms with E-state index in [1.165, 1.54) is 17.2 Å². The van der Waals surface area contributed by atoms with E-state index in [4.69, 9.17) is 7.12 Å². The molecule has 0 aliphatic rings. The second-order valence-corrected chi connectivity index (χ2v) is 4.65. The van der Waals surface area contributed by atoms with Crippen LogP contribution in [-0.4, -0.2) is 18.5 Å². The Labute approximate surface area is 95.0 Å². The van der Waals surface area contributed by atoms with Crippen LogP contribution in [0.5, 0.6) is 5.75 Å². The number of rotatable bonds is 4. The Morgan fingerprint density at radius 2 is 2.07 bits per heavy atom. The lowest BCUT2D eigenvalue weighted by Crippen LogP contribution is -1.90. The molecule has 74 valence electrons. The Bertz CT molecular complexity index is 315. The maximum absolute atomic E-state index is 9.77. The molecule has 1 N–H and O–H groups in total. The predicted molar refractivity (Wildman–Crippen MR) is 67.1 cm³/mol. The van der Waals surface area contributed by atoms with Gasteiger partial charge in [0, 0.05) is 17.1 Å². The highest BCUT2D eigenvalue weighted by Gasteiger charge is 2.05. The lowest BCUT2D eigenvalue weighted by molar-refractivity contribution is 0.466. The van der Waals surface area contributed by atoms with Crippen LogP contribution in [0.1, 0.15) is 16.7 Å². The van der Waals surface area contributed by atoms with Crippen molar-refractivity contribution in [2.75, 3.05) is 6.26 Å². The van der Waals surface area contributed by atoms with Gasteiger partial charge < -0.3 is 5.11 Å². The van der Waals surface area contributed by atoms with E-state index in [1.54, 1.807) is 11.8 Å². The lowest BCUT2D eigenvalue weighted by Gasteiger charge is -2.09. The molecule has 0 aliphatic carbocycles. The molecule has 1 aromatic carbocycles. The molecule has 0 atom stereocenters. The van der Waals surface area contributed by atoms with Crippen LogP contribution >= 0.6 is 23.4 Å². The molecule has 0 aromatic heterocycles. The van der Waals surface area contributed by atoms with Crippen molar-refractivity contribution in [2.24, 2.45) is 0 Å². The quantitative estimate of drug-likeness (QED) is 0.794. The first kappa shape index (κ1) is 11.9. The average molecular weight is 224 g/mol. The van der Waals surface area contributed by atoms with Crippen LogP contribution in [0.3, 0.4) is 0 Å². The zero-order valence-corrected chi connectivity index (χ0v) is 10.0. The van der Waals surface area contributed by atoms with Gasteiger partial charge in [-0.05, 0) is 24.3 Å². The van der Waals surface area contributed by atoms with Crippen LogP contribution in [0.2, 0.25) is 0 Å². The first-order valence-corrected chi connectivity index (χ1v) is 6.75. The highest BCUT2D eigenvalue weighted by atomic mass is 32.2. The second kappa shape index (κ2) is 5.61. The summed E-state index contributed by atoms with van der Waals surface area (Å²) in [5, 5.41) is 9.77. The maximum Gasteiger partial charge on any atom is 0.161 e. The van der Waals surface area contributed by atoms with Crippen LogP contribution in [0, 0.1) is 6.92 Å². The highest BCUT2D eigenvalue weighted by molar-refractivity contribution is 8.19. The van der Waals surface area contributed by atoms with E-state index in [9.17, 15) is 5.11 Å². The van der Waals surface area contributed by atoms with Gasteiger partial charge in [0.25, 0.3) is 0 Å². The van der Waals surface area contributed by atoms with Gasteiger partial charge >= 0.3 is 0 Å². The summed E-state index contributed by atoms with van der Waals surface area (Å²) in [6, 6.07) is 4.01. The van der Waals surface area contributed by atoms with Crippen molar-refractivity contribution in [3.05, 3.63) is 28.8 Å². The first-order valence-electron chi connectivity index (χ1n) is 4.31. The maximum atomic E-state index is 9.77. The molecule has 1 aromatic rings. The predicted octanol–water partition coefficient (Wildman–Crippen LogP) is 2.88.